The average molecular weight is 306 g/mol. The molecule has 0 amide bonds. The third-order valence-corrected chi connectivity index (χ3v) is 3.88. The first kappa shape index (κ1) is 15.5. The zero-order valence-electron chi connectivity index (χ0n) is 12.2. The van der Waals surface area contributed by atoms with Gasteiger partial charge in [0, 0.05) is 6.07 Å². The van der Waals surface area contributed by atoms with Crippen molar-refractivity contribution < 1.29 is 13.2 Å². The summed E-state index contributed by atoms with van der Waals surface area (Å²) in [6.07, 6.45) is 1.17. The van der Waals surface area contributed by atoms with E-state index in [1.807, 2.05) is 24.3 Å². The van der Waals surface area contributed by atoms with E-state index in [4.69, 9.17) is 9.88 Å². The maximum absolute atomic E-state index is 11.1. The van der Waals surface area contributed by atoms with Crippen molar-refractivity contribution in [3.05, 3.63) is 48.2 Å². The van der Waals surface area contributed by atoms with Crippen molar-refractivity contribution in [3.63, 3.8) is 0 Å². The van der Waals surface area contributed by atoms with Gasteiger partial charge >= 0.3 is 0 Å². The van der Waals surface area contributed by atoms with Gasteiger partial charge < -0.3 is 4.74 Å². The molecule has 2 rings (SSSR count). The van der Waals surface area contributed by atoms with Crippen molar-refractivity contribution in [1.29, 1.82) is 0 Å². The van der Waals surface area contributed by atoms with Crippen LogP contribution in [0.2, 0.25) is 0 Å². The van der Waals surface area contributed by atoms with Gasteiger partial charge in [-0.25, -0.2) is 18.5 Å². The standard InChI is InChI=1S/C15H18N2O3S/c1-15(2,3)11-4-6-12(7-5-11)20-14-9-8-13(10-17-14)21(16,18)19/h4-10H,1-3H3,(H2,16,18,19). The second-order valence-electron chi connectivity index (χ2n) is 5.75. The van der Waals surface area contributed by atoms with Crippen LogP contribution >= 0.6 is 0 Å². The van der Waals surface area contributed by atoms with E-state index in [0.717, 1.165) is 0 Å². The van der Waals surface area contributed by atoms with Gasteiger partial charge in [0.05, 0.1) is 6.20 Å². The first-order chi connectivity index (χ1) is 9.66. The van der Waals surface area contributed by atoms with Crippen LogP contribution in [0.3, 0.4) is 0 Å². The van der Waals surface area contributed by atoms with Gasteiger partial charge in [0.2, 0.25) is 15.9 Å². The van der Waals surface area contributed by atoms with E-state index >= 15 is 0 Å². The van der Waals surface area contributed by atoms with Crippen molar-refractivity contribution in [2.45, 2.75) is 31.1 Å². The van der Waals surface area contributed by atoms with Crippen LogP contribution in [-0.2, 0) is 15.4 Å². The average Bonchev–Trinajstić information content (AvgIpc) is 2.38. The van der Waals surface area contributed by atoms with E-state index in [1.54, 1.807) is 0 Å². The Morgan fingerprint density at radius 1 is 1.05 bits per heavy atom. The van der Waals surface area contributed by atoms with Crippen LogP contribution in [0.1, 0.15) is 26.3 Å². The van der Waals surface area contributed by atoms with Crippen LogP contribution in [0.25, 0.3) is 0 Å². The van der Waals surface area contributed by atoms with Crippen molar-refractivity contribution in [3.8, 4) is 11.6 Å². The normalized spacial score (nSPS) is 12.2. The van der Waals surface area contributed by atoms with Crippen LogP contribution < -0.4 is 9.88 Å². The fourth-order valence-electron chi connectivity index (χ4n) is 1.74. The molecule has 0 atom stereocenters. The zero-order valence-corrected chi connectivity index (χ0v) is 13.0. The third kappa shape index (κ3) is 4.03. The molecule has 0 saturated heterocycles. The van der Waals surface area contributed by atoms with E-state index in [9.17, 15) is 8.42 Å². The molecule has 2 N–H and O–H groups in total. The summed E-state index contributed by atoms with van der Waals surface area (Å²) < 4.78 is 27.8. The van der Waals surface area contributed by atoms with Crippen molar-refractivity contribution in [2.24, 2.45) is 5.14 Å². The van der Waals surface area contributed by atoms with E-state index in [-0.39, 0.29) is 10.3 Å². The van der Waals surface area contributed by atoms with Crippen LogP contribution in [0.15, 0.2) is 47.5 Å². The van der Waals surface area contributed by atoms with Crippen LogP contribution in [-0.4, -0.2) is 13.4 Å². The highest BCUT2D eigenvalue weighted by atomic mass is 32.2. The van der Waals surface area contributed by atoms with E-state index in [2.05, 4.69) is 25.8 Å². The van der Waals surface area contributed by atoms with Crippen LogP contribution in [0.4, 0.5) is 0 Å². The maximum atomic E-state index is 11.1. The monoisotopic (exact) mass is 306 g/mol. The van der Waals surface area contributed by atoms with Crippen molar-refractivity contribution >= 4 is 10.0 Å². The summed E-state index contributed by atoms with van der Waals surface area (Å²) in [6.45, 7) is 6.41. The van der Waals surface area contributed by atoms with Gasteiger partial charge in [-0.1, -0.05) is 32.9 Å². The predicted molar refractivity (Wildman–Crippen MR) is 80.8 cm³/mol. The molecule has 0 radical (unpaired) electrons. The number of hydrogen-bond acceptors (Lipinski definition) is 4. The lowest BCUT2D eigenvalue weighted by molar-refractivity contribution is 0.461. The van der Waals surface area contributed by atoms with E-state index in [0.29, 0.717) is 11.6 Å². The Balaban J connectivity index is 2.15. The minimum atomic E-state index is -3.73. The predicted octanol–water partition coefficient (Wildman–Crippen LogP) is 2.82. The number of ether oxygens (including phenoxy) is 1. The van der Waals surface area contributed by atoms with Gasteiger partial charge in [-0.05, 0) is 29.2 Å². The Morgan fingerprint density at radius 2 is 1.67 bits per heavy atom. The minimum Gasteiger partial charge on any atom is -0.439 e. The fraction of sp³-hybridized carbons (Fsp3) is 0.267. The number of aromatic nitrogens is 1. The quantitative estimate of drug-likeness (QED) is 0.945. The Bertz CT molecular complexity index is 715. The summed E-state index contributed by atoms with van der Waals surface area (Å²) in [4.78, 5) is 3.89. The SMILES string of the molecule is CC(C)(C)c1ccc(Oc2ccc(S(N)(=O)=O)cn2)cc1. The molecule has 1 aromatic carbocycles. The Labute approximate surface area is 124 Å². The number of pyridine rings is 1. The second kappa shape index (κ2) is 5.46. The Hall–Kier alpha value is -1.92. The van der Waals surface area contributed by atoms with E-state index < -0.39 is 10.0 Å². The fourth-order valence-corrected chi connectivity index (χ4v) is 2.20. The van der Waals surface area contributed by atoms with Gasteiger partial charge in [-0.15, -0.1) is 0 Å². The molecule has 112 valence electrons. The lowest BCUT2D eigenvalue weighted by atomic mass is 9.87. The third-order valence-electron chi connectivity index (χ3n) is 2.98. The summed E-state index contributed by atoms with van der Waals surface area (Å²) in [7, 11) is -3.73. The molecule has 0 aliphatic carbocycles. The van der Waals surface area contributed by atoms with Crippen molar-refractivity contribution in [1.82, 2.24) is 4.98 Å². The number of benzene rings is 1. The number of sulfonamides is 1. The Kier molecular flexibility index (Phi) is 4.02. The number of primary sulfonamides is 1. The summed E-state index contributed by atoms with van der Waals surface area (Å²) in [6, 6.07) is 10.5. The summed E-state index contributed by atoms with van der Waals surface area (Å²) in [5, 5.41) is 5.01. The summed E-state index contributed by atoms with van der Waals surface area (Å²) >= 11 is 0. The smallest absolute Gasteiger partial charge is 0.239 e. The number of rotatable bonds is 3. The molecule has 6 heteroatoms. The van der Waals surface area contributed by atoms with Crippen LogP contribution in [0.5, 0.6) is 11.6 Å². The Morgan fingerprint density at radius 3 is 2.10 bits per heavy atom. The first-order valence-electron chi connectivity index (χ1n) is 6.43. The molecule has 5 nitrogen and oxygen atoms in total. The lowest BCUT2D eigenvalue weighted by Crippen LogP contribution is -2.12. The second-order valence-corrected chi connectivity index (χ2v) is 7.32. The molecule has 0 unspecified atom stereocenters. The summed E-state index contributed by atoms with van der Waals surface area (Å²) in [5.41, 5.74) is 1.28. The largest absolute Gasteiger partial charge is 0.439 e. The molecule has 1 heterocycles. The molecule has 0 spiro atoms. The highest BCUT2D eigenvalue weighted by Gasteiger charge is 2.13. The number of hydrogen-bond donors (Lipinski definition) is 1. The molecule has 0 aliphatic rings. The van der Waals surface area contributed by atoms with Crippen molar-refractivity contribution in [2.75, 3.05) is 0 Å². The zero-order chi connectivity index (χ0) is 15.7. The molecular formula is C15H18N2O3S. The molecule has 0 fully saturated rings. The molecular weight excluding hydrogens is 288 g/mol. The molecule has 1 aromatic heterocycles. The molecule has 0 bridgehead atoms. The molecule has 0 aliphatic heterocycles. The lowest BCUT2D eigenvalue weighted by Gasteiger charge is -2.19. The molecule has 21 heavy (non-hydrogen) atoms. The van der Waals surface area contributed by atoms with E-state index in [1.165, 1.54) is 23.9 Å². The maximum Gasteiger partial charge on any atom is 0.239 e. The first-order valence-corrected chi connectivity index (χ1v) is 7.98. The highest BCUT2D eigenvalue weighted by molar-refractivity contribution is 7.89. The van der Waals surface area contributed by atoms with Gasteiger partial charge in [0.1, 0.15) is 10.6 Å². The summed E-state index contributed by atoms with van der Waals surface area (Å²) in [5.74, 6) is 0.949. The highest BCUT2D eigenvalue weighted by Crippen LogP contribution is 2.26. The minimum absolute atomic E-state index is 0.0436. The molecule has 2 aromatic rings. The topological polar surface area (TPSA) is 82.3 Å². The van der Waals surface area contributed by atoms with Gasteiger partial charge in [-0.2, -0.15) is 0 Å². The van der Waals surface area contributed by atoms with Gasteiger partial charge in [-0.3, -0.25) is 0 Å². The van der Waals surface area contributed by atoms with Gasteiger partial charge in [0.15, 0.2) is 0 Å². The number of nitrogens with two attached hydrogens (primary N) is 1. The van der Waals surface area contributed by atoms with Crippen LogP contribution in [0, 0.1) is 0 Å². The van der Waals surface area contributed by atoms with Gasteiger partial charge in [0.25, 0.3) is 0 Å². The number of nitrogens with zero attached hydrogens (tertiary/aromatic N) is 1. The molecule has 0 saturated carbocycles.